The molecule has 0 amide bonds. The first-order valence-corrected chi connectivity index (χ1v) is 20.1. The van der Waals surface area contributed by atoms with Gasteiger partial charge >= 0.3 is 0 Å². The number of hydrogen-bond acceptors (Lipinski definition) is 2. The second-order valence-electron chi connectivity index (χ2n) is 12.2. The minimum Gasteiger partial charge on any atom is -0.256 e. The Hall–Kier alpha value is -4.13. The van der Waals surface area contributed by atoms with E-state index in [1.807, 2.05) is 24.5 Å². The molecular weight excluding hydrogens is 517 g/mol. The van der Waals surface area contributed by atoms with Crippen molar-refractivity contribution in [3.63, 3.8) is 0 Å². The Morgan fingerprint density at radius 3 is 1.30 bits per heavy atom. The Morgan fingerprint density at radius 1 is 0.475 bits per heavy atom. The van der Waals surface area contributed by atoms with Crippen molar-refractivity contribution >= 4 is 47.7 Å². The summed E-state index contributed by atoms with van der Waals surface area (Å²) in [4.78, 5) is 9.36. The third-order valence-corrected chi connectivity index (χ3v) is 16.6. The summed E-state index contributed by atoms with van der Waals surface area (Å²) in [5.74, 6) is 0. The number of hydrogen-bond donors (Lipinski definition) is 0. The van der Waals surface area contributed by atoms with Crippen molar-refractivity contribution in [3.05, 3.63) is 109 Å². The third-order valence-electron chi connectivity index (χ3n) is 9.31. The molecule has 0 bridgehead atoms. The Labute approximate surface area is 237 Å². The monoisotopic (exact) mass is 546 g/mol. The lowest BCUT2D eigenvalue weighted by molar-refractivity contribution is 1.33. The van der Waals surface area contributed by atoms with Gasteiger partial charge in [0.2, 0.25) is 0 Å². The molecule has 0 atom stereocenters. The van der Waals surface area contributed by atoms with Crippen LogP contribution in [0.5, 0.6) is 0 Å². The van der Waals surface area contributed by atoms with Crippen LogP contribution >= 0.6 is 0 Å². The van der Waals surface area contributed by atoms with E-state index in [2.05, 4.69) is 121 Å². The summed E-state index contributed by atoms with van der Waals surface area (Å²) < 4.78 is 0. The minimum atomic E-state index is -2.03. The van der Waals surface area contributed by atoms with Crippen LogP contribution in [0.25, 0.3) is 55.5 Å². The first kappa shape index (κ1) is 23.7. The highest BCUT2D eigenvalue weighted by atomic mass is 28.3. The largest absolute Gasteiger partial charge is 0.256 e. The lowest BCUT2D eigenvalue weighted by Gasteiger charge is -2.29. The Balaban J connectivity index is 1.43. The molecule has 4 heteroatoms. The van der Waals surface area contributed by atoms with Crippen LogP contribution in [0.15, 0.2) is 109 Å². The lowest BCUT2D eigenvalue weighted by atomic mass is 9.91. The summed E-state index contributed by atoms with van der Waals surface area (Å²) in [7, 11) is -4.06. The van der Waals surface area contributed by atoms with E-state index >= 15 is 0 Å². The van der Waals surface area contributed by atoms with Gasteiger partial charge < -0.3 is 0 Å². The zero-order valence-corrected chi connectivity index (χ0v) is 25.3. The van der Waals surface area contributed by atoms with Crippen molar-refractivity contribution in [2.75, 3.05) is 0 Å². The van der Waals surface area contributed by atoms with Crippen LogP contribution in [-0.4, -0.2) is 26.1 Å². The number of aromatic nitrogens is 2. The van der Waals surface area contributed by atoms with E-state index in [1.165, 1.54) is 44.2 Å². The van der Waals surface area contributed by atoms with E-state index < -0.39 is 16.1 Å². The summed E-state index contributed by atoms with van der Waals surface area (Å²) in [6.07, 6.45) is 3.79. The van der Waals surface area contributed by atoms with Crippen LogP contribution in [0.4, 0.5) is 0 Å². The maximum Gasteiger partial charge on any atom is 0.113 e. The first-order chi connectivity index (χ1) is 19.4. The van der Waals surface area contributed by atoms with E-state index in [-0.39, 0.29) is 0 Å². The Morgan fingerprint density at radius 2 is 0.900 bits per heavy atom. The summed E-state index contributed by atoms with van der Waals surface area (Å²) >= 11 is 0. The highest BCUT2D eigenvalue weighted by Crippen LogP contribution is 2.42. The first-order valence-electron chi connectivity index (χ1n) is 14.1. The maximum atomic E-state index is 4.68. The van der Waals surface area contributed by atoms with E-state index in [1.54, 1.807) is 20.7 Å². The number of fused-ring (bicyclic) bond motifs is 10. The van der Waals surface area contributed by atoms with Gasteiger partial charge in [-0.25, -0.2) is 0 Å². The molecule has 4 heterocycles. The van der Waals surface area contributed by atoms with E-state index in [9.17, 15) is 0 Å². The third kappa shape index (κ3) is 3.09. The van der Waals surface area contributed by atoms with Crippen LogP contribution in [0.2, 0.25) is 26.2 Å². The van der Waals surface area contributed by atoms with Gasteiger partial charge in [0.05, 0.1) is 11.4 Å². The number of nitrogens with zero attached hydrogens (tertiary/aromatic N) is 2. The molecule has 2 aliphatic rings. The van der Waals surface area contributed by atoms with Crippen molar-refractivity contribution in [2.24, 2.45) is 0 Å². The fraction of sp³-hybridized carbons (Fsp3) is 0.111. The summed E-state index contributed by atoms with van der Waals surface area (Å²) in [5, 5.41) is 9.21. The molecule has 2 nitrogen and oxygen atoms in total. The molecule has 0 radical (unpaired) electrons. The van der Waals surface area contributed by atoms with Gasteiger partial charge in [-0.2, -0.15) is 0 Å². The van der Waals surface area contributed by atoms with Gasteiger partial charge in [-0.15, -0.1) is 0 Å². The van der Waals surface area contributed by atoms with Crippen LogP contribution in [-0.2, 0) is 0 Å². The highest BCUT2D eigenvalue weighted by Gasteiger charge is 2.49. The maximum absolute atomic E-state index is 4.68. The van der Waals surface area contributed by atoms with E-state index in [4.69, 9.17) is 0 Å². The molecule has 2 aromatic heterocycles. The molecule has 0 spiro atoms. The van der Waals surface area contributed by atoms with Crippen molar-refractivity contribution in [1.82, 2.24) is 9.97 Å². The molecule has 0 aliphatic carbocycles. The van der Waals surface area contributed by atoms with E-state index in [0.717, 1.165) is 11.4 Å². The van der Waals surface area contributed by atoms with E-state index in [0.29, 0.717) is 0 Å². The zero-order valence-electron chi connectivity index (χ0n) is 23.3. The van der Waals surface area contributed by atoms with Gasteiger partial charge in [-0.1, -0.05) is 99.0 Å². The molecule has 6 aromatic rings. The van der Waals surface area contributed by atoms with Gasteiger partial charge in [-0.05, 0) is 78.0 Å². The normalized spacial score (nSPS) is 15.4. The van der Waals surface area contributed by atoms with Crippen LogP contribution in [0.3, 0.4) is 0 Å². The predicted molar refractivity (Wildman–Crippen MR) is 175 cm³/mol. The average molecular weight is 547 g/mol. The number of benzene rings is 4. The molecule has 0 N–H and O–H groups in total. The van der Waals surface area contributed by atoms with Gasteiger partial charge in [0, 0.05) is 23.5 Å². The van der Waals surface area contributed by atoms with Crippen molar-refractivity contribution in [2.45, 2.75) is 26.2 Å². The predicted octanol–water partition coefficient (Wildman–Crippen LogP) is 6.57. The van der Waals surface area contributed by atoms with Crippen molar-refractivity contribution in [1.29, 1.82) is 0 Å². The van der Waals surface area contributed by atoms with Gasteiger partial charge in [0.25, 0.3) is 0 Å². The average Bonchev–Trinajstić information content (AvgIpc) is 3.37. The Kier molecular flexibility index (Phi) is 4.86. The summed E-state index contributed by atoms with van der Waals surface area (Å²) in [6.45, 7) is 10.3. The topological polar surface area (TPSA) is 25.8 Å². The smallest absolute Gasteiger partial charge is 0.113 e. The fourth-order valence-corrected chi connectivity index (χ4v) is 16.0. The lowest BCUT2D eigenvalue weighted by Crippen LogP contribution is -2.63. The molecule has 2 aliphatic heterocycles. The number of pyridine rings is 2. The minimum absolute atomic E-state index is 1.05. The highest BCUT2D eigenvalue weighted by molar-refractivity contribution is 7.13. The van der Waals surface area contributed by atoms with Crippen molar-refractivity contribution in [3.8, 4) is 44.8 Å². The molecule has 192 valence electrons. The summed E-state index contributed by atoms with van der Waals surface area (Å²) in [5.41, 5.74) is 10.4. The molecular formula is C36H30N2Si2. The molecule has 0 fully saturated rings. The SMILES string of the molecule is C[Si]1(C)c2cc(-c3ccccn3)ccc2-c2c1c1c(c3ccccc23)-c2ccc(-c3ccccn3)cc2[Si]1(C)C. The van der Waals surface area contributed by atoms with Gasteiger partial charge in [-0.3, -0.25) is 9.97 Å². The number of rotatable bonds is 2. The van der Waals surface area contributed by atoms with Gasteiger partial charge in [0.15, 0.2) is 0 Å². The van der Waals surface area contributed by atoms with Crippen LogP contribution < -0.4 is 20.7 Å². The molecule has 40 heavy (non-hydrogen) atoms. The van der Waals surface area contributed by atoms with Crippen molar-refractivity contribution < 1.29 is 0 Å². The Bertz CT molecular complexity index is 1850. The standard InChI is InChI=1S/C36H30N2Si2/c1-39(2)31-21-23(29-13-7-9-19-37-29)15-17-27(31)33-25-11-5-6-12-26(25)34-28-18-16-24(30-14-8-10-20-38-30)22-32(28)40(3,4)36(34)35(33)39/h5-22H,1-4H3. The molecule has 0 saturated carbocycles. The fourth-order valence-electron chi connectivity index (χ4n) is 7.46. The van der Waals surface area contributed by atoms with Crippen LogP contribution in [0, 0.1) is 0 Å². The van der Waals surface area contributed by atoms with Gasteiger partial charge in [0.1, 0.15) is 16.1 Å². The molecule has 0 unspecified atom stereocenters. The molecule has 8 rings (SSSR count). The van der Waals surface area contributed by atoms with Crippen LogP contribution in [0.1, 0.15) is 0 Å². The second-order valence-corrected chi connectivity index (χ2v) is 20.8. The second kappa shape index (κ2) is 8.20. The zero-order chi connectivity index (χ0) is 27.2. The summed E-state index contributed by atoms with van der Waals surface area (Å²) in [6, 6.07) is 35.8. The quantitative estimate of drug-likeness (QED) is 0.230. The molecule has 4 aromatic carbocycles. The molecule has 0 saturated heterocycles.